The van der Waals surface area contributed by atoms with Crippen molar-refractivity contribution in [1.29, 1.82) is 0 Å². The van der Waals surface area contributed by atoms with Gasteiger partial charge in [0.05, 0.1) is 11.1 Å². The predicted molar refractivity (Wildman–Crippen MR) is 54.4 cm³/mol. The van der Waals surface area contributed by atoms with Gasteiger partial charge in [0, 0.05) is 12.0 Å². The van der Waals surface area contributed by atoms with Crippen LogP contribution in [0.4, 0.5) is 4.39 Å². The minimum absolute atomic E-state index is 0.0297. The Morgan fingerprint density at radius 3 is 2.93 bits per heavy atom. The molecule has 1 atom stereocenters. The summed E-state index contributed by atoms with van der Waals surface area (Å²) in [5, 5.41) is 9.57. The molecule has 0 aliphatic carbocycles. The Morgan fingerprint density at radius 2 is 2.29 bits per heavy atom. The Morgan fingerprint density at radius 1 is 1.57 bits per heavy atom. The number of aliphatic hydroxyl groups is 1. The molecule has 1 aromatic rings. The van der Waals surface area contributed by atoms with Crippen LogP contribution in [0.3, 0.4) is 0 Å². The summed E-state index contributed by atoms with van der Waals surface area (Å²) in [6, 6.07) is 4.36. The fourth-order valence-corrected chi connectivity index (χ4v) is 1.34. The van der Waals surface area contributed by atoms with Gasteiger partial charge in [-0.2, -0.15) is 0 Å². The Kier molecular flexibility index (Phi) is 3.94. The zero-order chi connectivity index (χ0) is 10.6. The summed E-state index contributed by atoms with van der Waals surface area (Å²) in [6.07, 6.45) is -0.565. The van der Waals surface area contributed by atoms with Crippen molar-refractivity contribution in [2.75, 3.05) is 0 Å². The Bertz CT molecular complexity index is 379. The van der Waals surface area contributed by atoms with Gasteiger partial charge in [-0.3, -0.25) is 0 Å². The van der Waals surface area contributed by atoms with Gasteiger partial charge in [0.1, 0.15) is 5.82 Å². The molecule has 0 radical (unpaired) electrons. The van der Waals surface area contributed by atoms with Crippen LogP contribution >= 0.6 is 11.6 Å². The molecule has 14 heavy (non-hydrogen) atoms. The number of aliphatic hydroxyl groups excluding tert-OH is 1. The molecule has 0 aliphatic heterocycles. The van der Waals surface area contributed by atoms with E-state index in [-0.39, 0.29) is 11.4 Å². The molecule has 0 bridgehead atoms. The fraction of sp³-hybridized carbons (Fsp3) is 0.273. The topological polar surface area (TPSA) is 20.2 Å². The van der Waals surface area contributed by atoms with Crippen LogP contribution in [-0.4, -0.2) is 5.11 Å². The summed E-state index contributed by atoms with van der Waals surface area (Å²) in [5.74, 6) is 4.85. The van der Waals surface area contributed by atoms with E-state index < -0.39 is 11.9 Å². The molecule has 0 heterocycles. The van der Waals surface area contributed by atoms with Crippen molar-refractivity contribution < 1.29 is 9.50 Å². The van der Waals surface area contributed by atoms with Crippen LogP contribution in [-0.2, 0) is 0 Å². The number of halogens is 2. The molecule has 1 N–H and O–H groups in total. The van der Waals surface area contributed by atoms with E-state index in [0.717, 1.165) is 0 Å². The molecule has 0 saturated heterocycles. The van der Waals surface area contributed by atoms with Crippen LogP contribution in [0.25, 0.3) is 0 Å². The molecular weight excluding hydrogens is 203 g/mol. The van der Waals surface area contributed by atoms with Gasteiger partial charge >= 0.3 is 0 Å². The third kappa shape index (κ3) is 2.47. The third-order valence-corrected chi connectivity index (χ3v) is 2.21. The van der Waals surface area contributed by atoms with Crippen molar-refractivity contribution in [3.05, 3.63) is 34.6 Å². The van der Waals surface area contributed by atoms with Crippen LogP contribution in [0.5, 0.6) is 0 Å². The summed E-state index contributed by atoms with van der Waals surface area (Å²) in [6.45, 7) is 1.68. The molecular formula is C11H10ClFO. The second-order valence-electron chi connectivity index (χ2n) is 2.79. The van der Waals surface area contributed by atoms with Crippen molar-refractivity contribution in [3.63, 3.8) is 0 Å². The highest BCUT2D eigenvalue weighted by atomic mass is 35.5. The van der Waals surface area contributed by atoms with Gasteiger partial charge in [0.25, 0.3) is 0 Å². The number of hydrogen-bond donors (Lipinski definition) is 1. The van der Waals surface area contributed by atoms with Gasteiger partial charge in [-0.05, 0) is 13.0 Å². The minimum atomic E-state index is -0.828. The van der Waals surface area contributed by atoms with Gasteiger partial charge in [0.15, 0.2) is 0 Å². The second kappa shape index (κ2) is 4.99. The third-order valence-electron chi connectivity index (χ3n) is 1.81. The zero-order valence-electron chi connectivity index (χ0n) is 7.72. The smallest absolute Gasteiger partial charge is 0.142 e. The van der Waals surface area contributed by atoms with E-state index in [1.54, 1.807) is 13.0 Å². The second-order valence-corrected chi connectivity index (χ2v) is 3.17. The molecule has 1 rings (SSSR count). The molecule has 0 saturated carbocycles. The number of benzene rings is 1. The van der Waals surface area contributed by atoms with E-state index in [1.807, 2.05) is 0 Å². The first-order chi connectivity index (χ1) is 6.66. The fourth-order valence-electron chi connectivity index (χ4n) is 1.09. The van der Waals surface area contributed by atoms with Crippen molar-refractivity contribution >= 4 is 11.6 Å². The first-order valence-corrected chi connectivity index (χ1v) is 4.56. The van der Waals surface area contributed by atoms with E-state index >= 15 is 0 Å². The van der Waals surface area contributed by atoms with Crippen LogP contribution in [0, 0.1) is 17.7 Å². The molecule has 1 unspecified atom stereocenters. The number of rotatable bonds is 2. The standard InChI is InChI=1S/C11H10ClFO/c1-2-3-7-10(14)8-5-4-6-9(13)11(8)12/h4-6,10,14H,7H2,1H3. The average molecular weight is 213 g/mol. The summed E-state index contributed by atoms with van der Waals surface area (Å²) in [7, 11) is 0. The van der Waals surface area contributed by atoms with Gasteiger partial charge in [-0.15, -0.1) is 11.8 Å². The van der Waals surface area contributed by atoms with E-state index in [9.17, 15) is 9.50 Å². The van der Waals surface area contributed by atoms with E-state index in [1.165, 1.54) is 12.1 Å². The molecule has 0 fully saturated rings. The highest BCUT2D eigenvalue weighted by Crippen LogP contribution is 2.26. The Balaban J connectivity index is 2.93. The van der Waals surface area contributed by atoms with Crippen LogP contribution in [0.2, 0.25) is 5.02 Å². The van der Waals surface area contributed by atoms with Crippen LogP contribution in [0.15, 0.2) is 18.2 Å². The lowest BCUT2D eigenvalue weighted by molar-refractivity contribution is 0.183. The van der Waals surface area contributed by atoms with Crippen molar-refractivity contribution in [1.82, 2.24) is 0 Å². The SMILES string of the molecule is CC#CCC(O)c1cccc(F)c1Cl. The lowest BCUT2D eigenvalue weighted by Gasteiger charge is -2.09. The zero-order valence-corrected chi connectivity index (χ0v) is 8.48. The molecule has 1 aromatic carbocycles. The van der Waals surface area contributed by atoms with E-state index in [4.69, 9.17) is 11.6 Å². The summed E-state index contributed by atoms with van der Waals surface area (Å²) in [4.78, 5) is 0. The normalized spacial score (nSPS) is 11.7. The molecule has 74 valence electrons. The molecule has 3 heteroatoms. The Hall–Kier alpha value is -1.04. The predicted octanol–water partition coefficient (Wildman–Crippen LogP) is 2.93. The van der Waals surface area contributed by atoms with E-state index in [0.29, 0.717) is 5.56 Å². The monoisotopic (exact) mass is 212 g/mol. The molecule has 0 aromatic heterocycles. The van der Waals surface area contributed by atoms with Gasteiger partial charge in [-0.25, -0.2) is 4.39 Å². The lowest BCUT2D eigenvalue weighted by atomic mass is 10.1. The van der Waals surface area contributed by atoms with Crippen molar-refractivity contribution in [2.24, 2.45) is 0 Å². The summed E-state index contributed by atoms with van der Waals surface area (Å²) in [5.41, 5.74) is 0.384. The quantitative estimate of drug-likeness (QED) is 0.748. The highest BCUT2D eigenvalue weighted by molar-refractivity contribution is 6.31. The van der Waals surface area contributed by atoms with Gasteiger partial charge < -0.3 is 5.11 Å². The summed E-state index contributed by atoms with van der Waals surface area (Å²) < 4.78 is 13.0. The first kappa shape index (κ1) is 11.0. The van der Waals surface area contributed by atoms with Crippen molar-refractivity contribution in [3.8, 4) is 11.8 Å². The van der Waals surface area contributed by atoms with Crippen molar-refractivity contribution in [2.45, 2.75) is 19.4 Å². The van der Waals surface area contributed by atoms with Gasteiger partial charge in [-0.1, -0.05) is 23.7 Å². The maximum absolute atomic E-state index is 13.0. The molecule has 0 amide bonds. The van der Waals surface area contributed by atoms with E-state index in [2.05, 4.69) is 11.8 Å². The first-order valence-electron chi connectivity index (χ1n) is 4.18. The molecule has 0 spiro atoms. The molecule has 1 nitrogen and oxygen atoms in total. The largest absolute Gasteiger partial charge is 0.387 e. The lowest BCUT2D eigenvalue weighted by Crippen LogP contribution is -1.98. The number of hydrogen-bond acceptors (Lipinski definition) is 1. The van der Waals surface area contributed by atoms with Crippen LogP contribution in [0.1, 0.15) is 25.0 Å². The maximum Gasteiger partial charge on any atom is 0.142 e. The maximum atomic E-state index is 13.0. The average Bonchev–Trinajstić information content (AvgIpc) is 2.18. The summed E-state index contributed by atoms with van der Waals surface area (Å²) >= 11 is 5.68. The van der Waals surface area contributed by atoms with Crippen LogP contribution < -0.4 is 0 Å². The minimum Gasteiger partial charge on any atom is -0.387 e. The van der Waals surface area contributed by atoms with Gasteiger partial charge in [0.2, 0.25) is 0 Å². The Labute approximate surface area is 87.5 Å². The highest BCUT2D eigenvalue weighted by Gasteiger charge is 2.12. The molecule has 0 aliphatic rings.